The van der Waals surface area contributed by atoms with Crippen LogP contribution in [0.3, 0.4) is 0 Å². The number of phosphoric ester groups is 1. The molecule has 0 fully saturated rings. The number of nitrogen functional groups attached to an aromatic ring is 2. The molecule has 9 N–H and O–H groups in total. The number of aromatic nitrogens is 2. The fraction of sp³-hybridized carbons (Fsp3) is 0.556. The minimum atomic E-state index is -5.55. The zero-order valence-corrected chi connectivity index (χ0v) is 17.7. The average Bonchev–Trinajstić information content (AvgIpc) is 2.55. The summed E-state index contributed by atoms with van der Waals surface area (Å²) in [6, 6.07) is 0. The SMILES string of the molecule is CNc1ncnc(N)c1N.COC(CF)COP(=O)(O)OP(=O)(O)OP(=O)(O)O. The van der Waals surface area contributed by atoms with Gasteiger partial charge in [0.15, 0.2) is 11.6 Å². The topological polar surface area (TPSA) is 259 Å². The molecule has 0 aliphatic carbocycles. The average molecular weight is 487 g/mol. The summed E-state index contributed by atoms with van der Waals surface area (Å²) in [5.41, 5.74) is 11.3. The van der Waals surface area contributed by atoms with E-state index in [1.807, 2.05) is 0 Å². The van der Waals surface area contributed by atoms with Gasteiger partial charge in [0.25, 0.3) is 0 Å². The van der Waals surface area contributed by atoms with Crippen molar-refractivity contribution in [1.29, 1.82) is 0 Å². The van der Waals surface area contributed by atoms with Crippen molar-refractivity contribution in [1.82, 2.24) is 9.97 Å². The number of anilines is 3. The maximum absolute atomic E-state index is 12.1. The van der Waals surface area contributed by atoms with Gasteiger partial charge in [-0.25, -0.2) is 28.1 Å². The van der Waals surface area contributed by atoms with Gasteiger partial charge < -0.3 is 41.1 Å². The first-order chi connectivity index (χ1) is 13.2. The highest BCUT2D eigenvalue weighted by molar-refractivity contribution is 7.66. The summed E-state index contributed by atoms with van der Waals surface area (Å²) >= 11 is 0. The molecule has 1 rings (SSSR count). The fourth-order valence-corrected chi connectivity index (χ4v) is 4.31. The van der Waals surface area contributed by atoms with Gasteiger partial charge in [-0.3, -0.25) is 4.52 Å². The number of methoxy groups -OCH3 is 1. The first kappa shape index (κ1) is 27.8. The molecule has 0 saturated heterocycles. The zero-order chi connectivity index (χ0) is 22.9. The Morgan fingerprint density at radius 2 is 1.72 bits per heavy atom. The second kappa shape index (κ2) is 11.8. The van der Waals surface area contributed by atoms with Gasteiger partial charge in [-0.15, -0.1) is 0 Å². The Kier molecular flexibility index (Phi) is 11.3. The number of hydrogen-bond acceptors (Lipinski definition) is 12. The second-order valence-electron chi connectivity index (χ2n) is 4.67. The standard InChI is InChI=1S/C5H9N5.C4H12FO11P3/c1-8-5-3(6)4(7)9-2-10-5;1-13-4(2-5)3-14-18(9,10)16-19(11,12)15-17(6,7)8/h2H,6H2,1H3,(H3,7,8,9,10);4H,2-3H2,1H3,(H,9,10)(H,11,12)(H2,6,7,8). The molecule has 170 valence electrons. The Morgan fingerprint density at radius 1 is 1.14 bits per heavy atom. The van der Waals surface area contributed by atoms with Crippen LogP contribution in [0.15, 0.2) is 6.33 Å². The first-order valence-corrected chi connectivity index (χ1v) is 11.6. The third-order valence-corrected chi connectivity index (χ3v) is 6.30. The van der Waals surface area contributed by atoms with Crippen LogP contribution < -0.4 is 16.8 Å². The summed E-state index contributed by atoms with van der Waals surface area (Å²) < 4.78 is 59.8. The number of nitrogens with two attached hydrogens (primary N) is 2. The fourth-order valence-electron chi connectivity index (χ4n) is 1.26. The number of phosphoric acid groups is 3. The van der Waals surface area contributed by atoms with Crippen molar-refractivity contribution in [2.24, 2.45) is 0 Å². The number of alkyl halides is 1. The quantitative estimate of drug-likeness (QED) is 0.214. The van der Waals surface area contributed by atoms with Crippen LogP contribution in [0.4, 0.5) is 21.7 Å². The molecule has 3 atom stereocenters. The van der Waals surface area contributed by atoms with Crippen LogP contribution in [0.1, 0.15) is 0 Å². The maximum Gasteiger partial charge on any atom is 0.490 e. The van der Waals surface area contributed by atoms with Crippen molar-refractivity contribution in [2.45, 2.75) is 6.10 Å². The van der Waals surface area contributed by atoms with Crippen molar-refractivity contribution in [3.63, 3.8) is 0 Å². The van der Waals surface area contributed by atoms with Crippen LogP contribution in [0.2, 0.25) is 0 Å². The molecule has 0 aliphatic heterocycles. The molecule has 16 nitrogen and oxygen atoms in total. The Morgan fingerprint density at radius 3 is 2.14 bits per heavy atom. The van der Waals surface area contributed by atoms with Crippen molar-refractivity contribution >= 4 is 40.8 Å². The molecule has 0 radical (unpaired) electrons. The molecule has 1 heterocycles. The zero-order valence-electron chi connectivity index (χ0n) is 15.0. The van der Waals surface area contributed by atoms with Gasteiger partial charge in [0, 0.05) is 14.2 Å². The Bertz CT molecular complexity index is 791. The molecule has 0 aromatic carbocycles. The molecule has 29 heavy (non-hydrogen) atoms. The molecular formula is C9H21FN5O11P3. The number of ether oxygens (including phenoxy) is 1. The van der Waals surface area contributed by atoms with E-state index in [2.05, 4.69) is 33.2 Å². The monoisotopic (exact) mass is 487 g/mol. The lowest BCUT2D eigenvalue weighted by Crippen LogP contribution is -2.19. The van der Waals surface area contributed by atoms with E-state index in [4.69, 9.17) is 31.0 Å². The molecule has 1 aromatic rings. The van der Waals surface area contributed by atoms with Crippen molar-refractivity contribution in [3.05, 3.63) is 6.33 Å². The van der Waals surface area contributed by atoms with E-state index in [1.165, 1.54) is 6.33 Å². The molecule has 1 aromatic heterocycles. The second-order valence-corrected chi connectivity index (χ2v) is 9.09. The van der Waals surface area contributed by atoms with Gasteiger partial charge in [-0.05, 0) is 0 Å². The molecule has 20 heteroatoms. The van der Waals surface area contributed by atoms with Crippen LogP contribution in [0.25, 0.3) is 0 Å². The summed E-state index contributed by atoms with van der Waals surface area (Å²) in [5, 5.41) is 2.78. The van der Waals surface area contributed by atoms with Gasteiger partial charge in [-0.1, -0.05) is 0 Å². The minimum absolute atomic E-state index is 0.305. The van der Waals surface area contributed by atoms with Gasteiger partial charge in [0.1, 0.15) is 24.8 Å². The third kappa shape index (κ3) is 12.2. The largest absolute Gasteiger partial charge is 0.490 e. The predicted octanol–water partition coefficient (Wildman–Crippen LogP) is -0.00310. The van der Waals surface area contributed by atoms with Gasteiger partial charge in [0.2, 0.25) is 0 Å². The summed E-state index contributed by atoms with van der Waals surface area (Å²) in [6.45, 7) is -1.89. The highest BCUT2D eigenvalue weighted by Crippen LogP contribution is 2.66. The minimum Gasteiger partial charge on any atom is -0.393 e. The van der Waals surface area contributed by atoms with E-state index < -0.39 is 42.9 Å². The predicted molar refractivity (Wildman–Crippen MR) is 97.0 cm³/mol. The van der Waals surface area contributed by atoms with Crippen molar-refractivity contribution < 1.29 is 55.5 Å². The highest BCUT2D eigenvalue weighted by Gasteiger charge is 2.40. The molecule has 3 unspecified atom stereocenters. The number of nitrogens with one attached hydrogen (secondary N) is 1. The number of nitrogens with zero attached hydrogens (tertiary/aromatic N) is 2. The van der Waals surface area contributed by atoms with Gasteiger partial charge in [-0.2, -0.15) is 8.62 Å². The van der Waals surface area contributed by atoms with Crippen LogP contribution in [-0.2, 0) is 31.6 Å². The lowest BCUT2D eigenvalue weighted by atomic mass is 10.4. The van der Waals surface area contributed by atoms with Crippen molar-refractivity contribution in [3.8, 4) is 0 Å². The van der Waals surface area contributed by atoms with Gasteiger partial charge in [0.05, 0.1) is 6.61 Å². The number of hydrogen-bond donors (Lipinski definition) is 7. The summed E-state index contributed by atoms with van der Waals surface area (Å²) in [7, 11) is -13.4. The number of halogens is 1. The van der Waals surface area contributed by atoms with Crippen LogP contribution in [-0.4, -0.2) is 63.1 Å². The van der Waals surface area contributed by atoms with Gasteiger partial charge >= 0.3 is 23.5 Å². The Hall–Kier alpha value is -1.22. The van der Waals surface area contributed by atoms with E-state index in [0.717, 1.165) is 7.11 Å². The van der Waals surface area contributed by atoms with E-state index >= 15 is 0 Å². The van der Waals surface area contributed by atoms with Crippen molar-refractivity contribution in [2.75, 3.05) is 44.2 Å². The lowest BCUT2D eigenvalue weighted by molar-refractivity contribution is 0.0297. The normalized spacial score (nSPS) is 16.7. The molecule has 0 spiro atoms. The molecule has 0 bridgehead atoms. The number of rotatable bonds is 10. The summed E-state index contributed by atoms with van der Waals surface area (Å²) in [4.78, 5) is 41.7. The third-order valence-electron chi connectivity index (χ3n) is 2.50. The molecular weight excluding hydrogens is 466 g/mol. The van der Waals surface area contributed by atoms with E-state index in [0.29, 0.717) is 17.3 Å². The summed E-state index contributed by atoms with van der Waals surface area (Å²) in [6.07, 6.45) is 0.127. The van der Waals surface area contributed by atoms with Crippen LogP contribution in [0.5, 0.6) is 0 Å². The first-order valence-electron chi connectivity index (χ1n) is 7.07. The smallest absolute Gasteiger partial charge is 0.393 e. The van der Waals surface area contributed by atoms with Crippen LogP contribution in [0, 0.1) is 0 Å². The Labute approximate surface area is 163 Å². The maximum atomic E-state index is 12.1. The van der Waals surface area contributed by atoms with E-state index in [1.54, 1.807) is 7.05 Å². The lowest BCUT2D eigenvalue weighted by Gasteiger charge is -2.17. The van der Waals surface area contributed by atoms with Crippen LogP contribution >= 0.6 is 23.5 Å². The summed E-state index contributed by atoms with van der Waals surface area (Å²) in [5.74, 6) is 0.867. The van der Waals surface area contributed by atoms with E-state index in [-0.39, 0.29) is 0 Å². The highest BCUT2D eigenvalue weighted by atomic mass is 31.3. The van der Waals surface area contributed by atoms with E-state index in [9.17, 15) is 18.1 Å². The molecule has 0 amide bonds. The molecule has 0 saturated carbocycles. The Balaban J connectivity index is 0.000000651. The molecule has 0 aliphatic rings.